The van der Waals surface area contributed by atoms with Gasteiger partial charge in [-0.05, 0) is 59.5 Å². The van der Waals surface area contributed by atoms with Crippen molar-refractivity contribution in [1.82, 2.24) is 0 Å². The smallest absolute Gasteiger partial charge is 0.147 e. The first kappa shape index (κ1) is 21.0. The maximum Gasteiger partial charge on any atom is 0.147 e. The van der Waals surface area contributed by atoms with E-state index in [1.807, 2.05) is 18.2 Å². The zero-order chi connectivity index (χ0) is 25.5. The summed E-state index contributed by atoms with van der Waals surface area (Å²) in [7, 11) is 0. The predicted molar refractivity (Wildman–Crippen MR) is 159 cm³/mol. The molecule has 1 aliphatic rings. The Labute approximate surface area is 223 Å². The van der Waals surface area contributed by atoms with E-state index in [9.17, 15) is 0 Å². The Morgan fingerprint density at radius 1 is 0.487 bits per heavy atom. The van der Waals surface area contributed by atoms with E-state index in [-0.39, 0.29) is 0 Å². The number of rotatable bonds is 2. The van der Waals surface area contributed by atoms with Crippen LogP contribution in [0.15, 0.2) is 116 Å². The first-order valence-corrected chi connectivity index (χ1v) is 13.4. The minimum atomic E-state index is 0.842. The van der Waals surface area contributed by atoms with Gasteiger partial charge in [0.15, 0.2) is 0 Å². The fourth-order valence-corrected chi connectivity index (χ4v) is 6.27. The van der Waals surface area contributed by atoms with Gasteiger partial charge in [0.05, 0.1) is 5.56 Å². The molecule has 0 saturated heterocycles. The molecule has 8 aromatic rings. The van der Waals surface area contributed by atoms with Crippen LogP contribution >= 0.6 is 0 Å². The molecule has 9 rings (SSSR count). The van der Waals surface area contributed by atoms with Crippen LogP contribution in [-0.2, 0) is 6.42 Å². The Morgan fingerprint density at radius 3 is 2.05 bits per heavy atom. The molecule has 3 heterocycles. The molecule has 3 nitrogen and oxygen atoms in total. The molecule has 39 heavy (non-hydrogen) atoms. The number of furan rings is 3. The van der Waals surface area contributed by atoms with Crippen molar-refractivity contribution in [2.75, 3.05) is 0 Å². The van der Waals surface area contributed by atoms with Crippen LogP contribution in [0.4, 0.5) is 0 Å². The molecule has 0 N–H and O–H groups in total. The van der Waals surface area contributed by atoms with Gasteiger partial charge in [-0.3, -0.25) is 0 Å². The van der Waals surface area contributed by atoms with Gasteiger partial charge in [0.2, 0.25) is 0 Å². The fourth-order valence-electron chi connectivity index (χ4n) is 6.27. The third-order valence-corrected chi connectivity index (χ3v) is 8.12. The molecule has 0 aliphatic heterocycles. The van der Waals surface area contributed by atoms with Gasteiger partial charge in [-0.2, -0.15) is 0 Å². The van der Waals surface area contributed by atoms with Crippen LogP contribution in [-0.4, -0.2) is 0 Å². The zero-order valence-corrected chi connectivity index (χ0v) is 21.0. The Kier molecular flexibility index (Phi) is 4.17. The third-order valence-electron chi connectivity index (χ3n) is 8.12. The molecule has 3 heteroatoms. The second kappa shape index (κ2) is 7.75. The van der Waals surface area contributed by atoms with Gasteiger partial charge < -0.3 is 13.3 Å². The SMILES string of the molecule is C1=Cc2c(oc3ccc(-c4c5oc6ccccc6c5cc5c4oc4ccc(-c6ccccc6)cc45)cc23)CC1. The van der Waals surface area contributed by atoms with Crippen LogP contribution < -0.4 is 0 Å². The van der Waals surface area contributed by atoms with Crippen LogP contribution in [0.1, 0.15) is 17.7 Å². The van der Waals surface area contributed by atoms with Crippen molar-refractivity contribution < 1.29 is 13.3 Å². The van der Waals surface area contributed by atoms with E-state index < -0.39 is 0 Å². The van der Waals surface area contributed by atoms with E-state index in [4.69, 9.17) is 13.3 Å². The number of hydrogen-bond donors (Lipinski definition) is 0. The number of benzene rings is 5. The maximum absolute atomic E-state index is 6.64. The molecular weight excluding hydrogens is 480 g/mol. The van der Waals surface area contributed by atoms with Crippen molar-refractivity contribution in [3.8, 4) is 22.3 Å². The lowest BCUT2D eigenvalue weighted by Crippen LogP contribution is -1.88. The summed E-state index contributed by atoms with van der Waals surface area (Å²) < 4.78 is 19.4. The van der Waals surface area contributed by atoms with Crippen molar-refractivity contribution in [2.24, 2.45) is 0 Å². The first-order valence-electron chi connectivity index (χ1n) is 13.4. The maximum atomic E-state index is 6.64. The number of fused-ring (bicyclic) bond motifs is 9. The number of allylic oxidation sites excluding steroid dienone is 1. The van der Waals surface area contributed by atoms with Crippen LogP contribution in [0.5, 0.6) is 0 Å². The molecule has 0 spiro atoms. The summed E-state index contributed by atoms with van der Waals surface area (Å²) in [6.07, 6.45) is 6.37. The lowest BCUT2D eigenvalue weighted by molar-refractivity contribution is 0.546. The number of para-hydroxylation sites is 1. The second-order valence-corrected chi connectivity index (χ2v) is 10.4. The second-order valence-electron chi connectivity index (χ2n) is 10.4. The molecule has 0 saturated carbocycles. The summed E-state index contributed by atoms with van der Waals surface area (Å²) in [5, 5.41) is 5.52. The van der Waals surface area contributed by atoms with Gasteiger partial charge in [-0.1, -0.05) is 72.8 Å². The molecule has 0 radical (unpaired) electrons. The molecule has 0 bridgehead atoms. The van der Waals surface area contributed by atoms with Crippen molar-refractivity contribution in [3.63, 3.8) is 0 Å². The summed E-state index contributed by atoms with van der Waals surface area (Å²) in [5.41, 5.74) is 9.92. The van der Waals surface area contributed by atoms with Crippen LogP contribution in [0, 0.1) is 0 Å². The number of aryl methyl sites for hydroxylation is 1. The standard InChI is InChI=1S/C36H22O3/c1-2-8-21(9-3-1)22-14-16-33-27(18-22)29-20-28-25-11-5-7-13-31(25)38-35(28)34(36(29)39-33)23-15-17-32-26(19-23)24-10-4-6-12-30(24)37-32/h1-5,7-11,13-20H,6,12H2. The van der Waals surface area contributed by atoms with E-state index in [0.717, 1.165) is 84.6 Å². The predicted octanol–water partition coefficient (Wildman–Crippen LogP) is 10.5. The lowest BCUT2D eigenvalue weighted by Gasteiger charge is -2.06. The van der Waals surface area contributed by atoms with Crippen molar-refractivity contribution in [2.45, 2.75) is 12.8 Å². The highest BCUT2D eigenvalue weighted by Gasteiger charge is 2.23. The highest BCUT2D eigenvalue weighted by molar-refractivity contribution is 6.22. The molecule has 0 fully saturated rings. The molecule has 0 unspecified atom stereocenters. The van der Waals surface area contributed by atoms with Gasteiger partial charge in [-0.15, -0.1) is 0 Å². The van der Waals surface area contributed by atoms with Gasteiger partial charge in [0.25, 0.3) is 0 Å². The Bertz CT molecular complexity index is 2270. The van der Waals surface area contributed by atoms with Crippen LogP contribution in [0.3, 0.4) is 0 Å². The fraction of sp³-hybridized carbons (Fsp3) is 0.0556. The van der Waals surface area contributed by atoms with Crippen LogP contribution in [0.25, 0.3) is 83.2 Å². The molecular formula is C36H22O3. The van der Waals surface area contributed by atoms with Crippen molar-refractivity contribution in [3.05, 3.63) is 114 Å². The molecule has 5 aromatic carbocycles. The minimum absolute atomic E-state index is 0.842. The van der Waals surface area contributed by atoms with Gasteiger partial charge in [0, 0.05) is 38.9 Å². The van der Waals surface area contributed by atoms with E-state index in [1.54, 1.807) is 0 Å². The molecule has 3 aromatic heterocycles. The third kappa shape index (κ3) is 2.98. The highest BCUT2D eigenvalue weighted by atomic mass is 16.3. The summed E-state index contributed by atoms with van der Waals surface area (Å²) >= 11 is 0. The minimum Gasteiger partial charge on any atom is -0.460 e. The molecule has 0 atom stereocenters. The summed E-state index contributed by atoms with van der Waals surface area (Å²) in [5.74, 6) is 1.06. The van der Waals surface area contributed by atoms with E-state index in [1.165, 1.54) is 16.7 Å². The Balaban J connectivity index is 1.40. The van der Waals surface area contributed by atoms with E-state index in [0.29, 0.717) is 0 Å². The average Bonchev–Trinajstić information content (AvgIpc) is 3.67. The average molecular weight is 503 g/mol. The molecule has 0 amide bonds. The van der Waals surface area contributed by atoms with Gasteiger partial charge >= 0.3 is 0 Å². The largest absolute Gasteiger partial charge is 0.460 e. The van der Waals surface area contributed by atoms with Crippen molar-refractivity contribution >= 4 is 60.9 Å². The monoisotopic (exact) mass is 502 g/mol. The molecule has 1 aliphatic carbocycles. The van der Waals surface area contributed by atoms with E-state index in [2.05, 4.69) is 91.0 Å². The molecule has 184 valence electrons. The van der Waals surface area contributed by atoms with Gasteiger partial charge in [0.1, 0.15) is 33.7 Å². The summed E-state index contributed by atoms with van der Waals surface area (Å²) in [6.45, 7) is 0. The Hall–Kier alpha value is -5.02. The van der Waals surface area contributed by atoms with E-state index >= 15 is 0 Å². The normalized spacial score (nSPS) is 13.3. The van der Waals surface area contributed by atoms with Crippen molar-refractivity contribution in [1.29, 1.82) is 0 Å². The van der Waals surface area contributed by atoms with Crippen LogP contribution in [0.2, 0.25) is 0 Å². The highest BCUT2D eigenvalue weighted by Crippen LogP contribution is 2.46. The number of hydrogen-bond acceptors (Lipinski definition) is 3. The lowest BCUT2D eigenvalue weighted by atomic mass is 9.95. The summed E-state index contributed by atoms with van der Waals surface area (Å²) in [6, 6.07) is 33.9. The van der Waals surface area contributed by atoms with Gasteiger partial charge in [-0.25, -0.2) is 0 Å². The Morgan fingerprint density at radius 2 is 1.18 bits per heavy atom. The quantitative estimate of drug-likeness (QED) is 0.236. The topological polar surface area (TPSA) is 39.4 Å². The summed E-state index contributed by atoms with van der Waals surface area (Å²) in [4.78, 5) is 0. The first-order chi connectivity index (χ1) is 19.3. The zero-order valence-electron chi connectivity index (χ0n) is 21.0.